The summed E-state index contributed by atoms with van der Waals surface area (Å²) in [5, 5.41) is 7.06. The molecule has 6 rings (SSSR count). The van der Waals surface area contributed by atoms with Crippen LogP contribution in [-0.2, 0) is 19.7 Å². The summed E-state index contributed by atoms with van der Waals surface area (Å²) in [6, 6.07) is 7.05. The minimum absolute atomic E-state index is 0.0935. The summed E-state index contributed by atoms with van der Waals surface area (Å²) >= 11 is 19.1. The zero-order valence-corrected chi connectivity index (χ0v) is 23.1. The number of hydrogen-bond donors (Lipinski definition) is 2. The van der Waals surface area contributed by atoms with Gasteiger partial charge in [-0.1, -0.05) is 53.0 Å². The number of ether oxygens (including phenoxy) is 2. The van der Waals surface area contributed by atoms with Gasteiger partial charge in [-0.2, -0.15) is 0 Å². The van der Waals surface area contributed by atoms with Crippen molar-refractivity contribution in [1.29, 1.82) is 0 Å². The third-order valence-corrected chi connectivity index (χ3v) is 9.02. The van der Waals surface area contributed by atoms with E-state index in [-0.39, 0.29) is 41.0 Å². The monoisotopic (exact) mass is 590 g/mol. The van der Waals surface area contributed by atoms with Crippen LogP contribution in [0.4, 0.5) is 10.1 Å². The van der Waals surface area contributed by atoms with Gasteiger partial charge in [0.2, 0.25) is 11.8 Å². The van der Waals surface area contributed by atoms with Crippen LogP contribution in [0.5, 0.6) is 5.75 Å². The molecule has 1 unspecified atom stereocenters. The van der Waals surface area contributed by atoms with Crippen molar-refractivity contribution in [3.8, 4) is 5.75 Å². The number of piperidine rings is 1. The van der Waals surface area contributed by atoms with E-state index in [2.05, 4.69) is 10.6 Å². The fraction of sp³-hybridized carbons (Fsp3) is 0.379. The number of nitrogens with one attached hydrogen (secondary N) is 2. The van der Waals surface area contributed by atoms with Crippen molar-refractivity contribution in [2.75, 3.05) is 18.5 Å². The Morgan fingerprint density at radius 1 is 1.05 bits per heavy atom. The van der Waals surface area contributed by atoms with Crippen LogP contribution in [0, 0.1) is 17.7 Å². The second-order valence-electron chi connectivity index (χ2n) is 10.4. The first-order valence-corrected chi connectivity index (χ1v) is 14.1. The van der Waals surface area contributed by atoms with Crippen LogP contribution in [0.15, 0.2) is 53.6 Å². The second kappa shape index (κ2) is 10.4. The summed E-state index contributed by atoms with van der Waals surface area (Å²) < 4.78 is 26.6. The highest BCUT2D eigenvalue weighted by molar-refractivity contribution is 6.31. The van der Waals surface area contributed by atoms with Crippen molar-refractivity contribution in [3.05, 3.63) is 80.6 Å². The Labute approximate surface area is 240 Å². The molecule has 204 valence electrons. The van der Waals surface area contributed by atoms with Gasteiger partial charge < -0.3 is 20.1 Å². The van der Waals surface area contributed by atoms with E-state index in [0.29, 0.717) is 59.3 Å². The summed E-state index contributed by atoms with van der Waals surface area (Å²) in [5.41, 5.74) is 0.431. The fourth-order valence-corrected chi connectivity index (χ4v) is 7.08. The molecule has 2 saturated heterocycles. The first-order valence-electron chi connectivity index (χ1n) is 12.9. The fourth-order valence-electron chi connectivity index (χ4n) is 6.49. The molecule has 10 heteroatoms. The highest BCUT2D eigenvalue weighted by atomic mass is 35.5. The SMILES string of the molecule is O=C1C[C@@H](C2C=CC=C(Cl)C2)[C@]2(C(=O)Nc3cc(Cl)ccc32)[C@H](c2cc(Cl)c(F)cc2OC2CCOCC2)N1. The lowest BCUT2D eigenvalue weighted by atomic mass is 9.57. The summed E-state index contributed by atoms with van der Waals surface area (Å²) in [5.74, 6) is -1.61. The smallest absolute Gasteiger partial charge is 0.237 e. The van der Waals surface area contributed by atoms with E-state index in [1.54, 1.807) is 12.1 Å². The Kier molecular flexibility index (Phi) is 7.12. The van der Waals surface area contributed by atoms with Gasteiger partial charge in [0.25, 0.3) is 0 Å². The van der Waals surface area contributed by atoms with Gasteiger partial charge in [0.1, 0.15) is 23.1 Å². The van der Waals surface area contributed by atoms with E-state index >= 15 is 0 Å². The second-order valence-corrected chi connectivity index (χ2v) is 11.8. The van der Waals surface area contributed by atoms with Crippen LogP contribution in [0.2, 0.25) is 10.0 Å². The Balaban J connectivity index is 1.55. The number of halogens is 4. The van der Waals surface area contributed by atoms with Gasteiger partial charge in [0, 0.05) is 46.6 Å². The van der Waals surface area contributed by atoms with Crippen LogP contribution in [0.3, 0.4) is 0 Å². The molecule has 4 aliphatic rings. The minimum Gasteiger partial charge on any atom is -0.490 e. The van der Waals surface area contributed by atoms with Crippen molar-refractivity contribution < 1.29 is 23.5 Å². The summed E-state index contributed by atoms with van der Waals surface area (Å²) in [4.78, 5) is 27.6. The van der Waals surface area contributed by atoms with Crippen LogP contribution in [-0.4, -0.2) is 31.1 Å². The first-order chi connectivity index (χ1) is 18.8. The quantitative estimate of drug-likeness (QED) is 0.428. The molecule has 0 radical (unpaired) electrons. The molecule has 3 aliphatic heterocycles. The third-order valence-electron chi connectivity index (χ3n) is 8.21. The lowest BCUT2D eigenvalue weighted by Crippen LogP contribution is -2.59. The van der Waals surface area contributed by atoms with Crippen LogP contribution in [0.1, 0.15) is 42.9 Å². The molecule has 39 heavy (non-hydrogen) atoms. The maximum absolute atomic E-state index is 14.8. The van der Waals surface area contributed by atoms with Gasteiger partial charge in [0.05, 0.1) is 24.3 Å². The minimum atomic E-state index is -1.27. The molecule has 2 amide bonds. The molecule has 2 aromatic carbocycles. The predicted octanol–water partition coefficient (Wildman–Crippen LogP) is 6.46. The maximum Gasteiger partial charge on any atom is 0.237 e. The van der Waals surface area contributed by atoms with Gasteiger partial charge in [-0.05, 0) is 48.1 Å². The molecular formula is C29H26Cl3FN2O4. The highest BCUT2D eigenvalue weighted by Gasteiger charge is 2.62. The molecule has 0 aromatic heterocycles. The average molecular weight is 592 g/mol. The number of allylic oxidation sites excluding steroid dienone is 4. The zero-order chi connectivity index (χ0) is 27.3. The van der Waals surface area contributed by atoms with Gasteiger partial charge >= 0.3 is 0 Å². The van der Waals surface area contributed by atoms with E-state index < -0.39 is 23.2 Å². The van der Waals surface area contributed by atoms with Crippen molar-refractivity contribution in [2.45, 2.75) is 43.2 Å². The Bertz CT molecular complexity index is 1410. The van der Waals surface area contributed by atoms with Gasteiger partial charge in [0.15, 0.2) is 0 Å². The molecule has 1 aliphatic carbocycles. The zero-order valence-electron chi connectivity index (χ0n) is 20.8. The Hall–Kier alpha value is -2.58. The number of anilines is 1. The lowest BCUT2D eigenvalue weighted by molar-refractivity contribution is -0.135. The van der Waals surface area contributed by atoms with Crippen LogP contribution < -0.4 is 15.4 Å². The molecule has 3 heterocycles. The first kappa shape index (κ1) is 26.6. The molecule has 1 spiro atoms. The van der Waals surface area contributed by atoms with E-state index in [9.17, 15) is 14.0 Å². The highest BCUT2D eigenvalue weighted by Crippen LogP contribution is 2.58. The number of carbonyl (C=O) groups is 2. The molecule has 4 atom stereocenters. The maximum atomic E-state index is 14.8. The molecule has 0 saturated carbocycles. The molecule has 2 fully saturated rings. The third kappa shape index (κ3) is 4.63. The number of fused-ring (bicyclic) bond motifs is 2. The molecule has 2 N–H and O–H groups in total. The summed E-state index contributed by atoms with van der Waals surface area (Å²) in [7, 11) is 0. The largest absolute Gasteiger partial charge is 0.490 e. The van der Waals surface area contributed by atoms with Gasteiger partial charge in [-0.3, -0.25) is 9.59 Å². The molecular weight excluding hydrogens is 566 g/mol. The summed E-state index contributed by atoms with van der Waals surface area (Å²) in [6.07, 6.45) is 7.29. The number of hydrogen-bond acceptors (Lipinski definition) is 4. The van der Waals surface area contributed by atoms with E-state index in [0.717, 1.165) is 0 Å². The van der Waals surface area contributed by atoms with Crippen molar-refractivity contribution in [1.82, 2.24) is 5.32 Å². The summed E-state index contributed by atoms with van der Waals surface area (Å²) in [6.45, 7) is 1.06. The van der Waals surface area contributed by atoms with Crippen molar-refractivity contribution in [2.24, 2.45) is 11.8 Å². The van der Waals surface area contributed by atoms with Crippen LogP contribution >= 0.6 is 34.8 Å². The van der Waals surface area contributed by atoms with E-state index in [1.165, 1.54) is 12.1 Å². The van der Waals surface area contributed by atoms with E-state index in [4.69, 9.17) is 44.3 Å². The number of amides is 2. The lowest BCUT2D eigenvalue weighted by Gasteiger charge is -2.49. The van der Waals surface area contributed by atoms with Gasteiger partial charge in [-0.25, -0.2) is 4.39 Å². The standard InChI is InChI=1S/C29H26Cl3FN2O4/c30-16-3-1-2-15(10-16)21-13-26(36)35-27(29(21)20-5-4-17(31)11-24(20)34-28(29)37)19-12-22(32)23(33)14-25(19)39-18-6-8-38-9-7-18/h1-5,11-12,14-15,18,21,27H,6-10,13H2,(H,34,37)(H,35,36)/t15?,21-,27-,29-/m0/s1. The number of benzene rings is 2. The normalized spacial score (nSPS) is 28.6. The number of carbonyl (C=O) groups excluding carboxylic acids is 2. The average Bonchev–Trinajstić information content (AvgIpc) is 3.19. The Morgan fingerprint density at radius 2 is 1.85 bits per heavy atom. The van der Waals surface area contributed by atoms with E-state index in [1.807, 2.05) is 24.3 Å². The molecule has 6 nitrogen and oxygen atoms in total. The number of rotatable bonds is 4. The van der Waals surface area contributed by atoms with Crippen LogP contribution in [0.25, 0.3) is 0 Å². The topological polar surface area (TPSA) is 76.7 Å². The van der Waals surface area contributed by atoms with Crippen molar-refractivity contribution >= 4 is 52.3 Å². The predicted molar refractivity (Wildman–Crippen MR) is 148 cm³/mol. The Morgan fingerprint density at radius 3 is 2.62 bits per heavy atom. The molecule has 2 aromatic rings. The van der Waals surface area contributed by atoms with Gasteiger partial charge in [-0.15, -0.1) is 0 Å². The van der Waals surface area contributed by atoms with Crippen molar-refractivity contribution in [3.63, 3.8) is 0 Å². The molecule has 0 bridgehead atoms.